The van der Waals surface area contributed by atoms with Crippen LogP contribution in [0.4, 0.5) is 11.4 Å². The first-order valence-corrected chi connectivity index (χ1v) is 11.7. The van der Waals surface area contributed by atoms with Crippen LogP contribution >= 0.6 is 0 Å². The highest BCUT2D eigenvalue weighted by Gasteiger charge is 2.31. The molecule has 1 aliphatic heterocycles. The van der Waals surface area contributed by atoms with Gasteiger partial charge >= 0.3 is 0 Å². The molecule has 0 bridgehead atoms. The predicted molar refractivity (Wildman–Crippen MR) is 133 cm³/mol. The first-order valence-electron chi connectivity index (χ1n) is 11.7. The minimum Gasteiger partial charge on any atom is -0.497 e. The molecule has 172 valence electrons. The number of hydrogen-bond donors (Lipinski definition) is 0. The predicted octanol–water partition coefficient (Wildman–Crippen LogP) is 5.21. The van der Waals surface area contributed by atoms with Crippen molar-refractivity contribution in [1.29, 1.82) is 0 Å². The summed E-state index contributed by atoms with van der Waals surface area (Å²) in [6, 6.07) is 16.7. The molecule has 5 nitrogen and oxygen atoms in total. The molecule has 0 N–H and O–H groups in total. The van der Waals surface area contributed by atoms with Crippen molar-refractivity contribution in [3.8, 4) is 5.75 Å². The van der Waals surface area contributed by atoms with E-state index in [0.29, 0.717) is 25.0 Å². The van der Waals surface area contributed by atoms with Crippen LogP contribution in [0.2, 0.25) is 0 Å². The maximum Gasteiger partial charge on any atom is 0.253 e. The molecule has 1 fully saturated rings. The van der Waals surface area contributed by atoms with Gasteiger partial charge in [0.15, 0.2) is 0 Å². The summed E-state index contributed by atoms with van der Waals surface area (Å²) in [6.07, 6.45) is 3.05. The highest BCUT2D eigenvalue weighted by molar-refractivity contribution is 5.94. The standard InChI is InChI=1S/C27H37N3O2/c1-6-17-28-18-16-26(21(4)20-28)30(24-10-9-11-25(19-24)32-5)23-14-12-22(13-15-23)27(31)29(7-2)8-3/h6,9-15,19,21,26H,1,7-8,16-18,20H2,2-5H3/t21-,26-/m0/s1. The van der Waals surface area contributed by atoms with Gasteiger partial charge in [-0.2, -0.15) is 0 Å². The minimum atomic E-state index is 0.0839. The number of benzene rings is 2. The first kappa shape index (κ1) is 23.9. The van der Waals surface area contributed by atoms with Crippen LogP contribution in [-0.4, -0.2) is 61.6 Å². The van der Waals surface area contributed by atoms with E-state index in [1.54, 1.807) is 7.11 Å². The molecule has 0 radical (unpaired) electrons. The fraction of sp³-hybridized carbons (Fsp3) is 0.444. The largest absolute Gasteiger partial charge is 0.497 e. The van der Waals surface area contributed by atoms with Crippen LogP contribution in [0.5, 0.6) is 5.75 Å². The van der Waals surface area contributed by atoms with Crippen molar-refractivity contribution < 1.29 is 9.53 Å². The molecule has 0 saturated carbocycles. The van der Waals surface area contributed by atoms with Gasteiger partial charge in [0.25, 0.3) is 5.91 Å². The Morgan fingerprint density at radius 3 is 2.47 bits per heavy atom. The fourth-order valence-electron chi connectivity index (χ4n) is 4.70. The van der Waals surface area contributed by atoms with Gasteiger partial charge in [-0.1, -0.05) is 19.1 Å². The molecule has 1 aliphatic rings. The van der Waals surface area contributed by atoms with Gasteiger partial charge in [-0.05, 0) is 62.6 Å². The molecule has 1 saturated heterocycles. The van der Waals surface area contributed by atoms with E-state index in [1.807, 2.05) is 49.1 Å². The van der Waals surface area contributed by atoms with Gasteiger partial charge in [-0.3, -0.25) is 9.69 Å². The van der Waals surface area contributed by atoms with E-state index >= 15 is 0 Å². The summed E-state index contributed by atoms with van der Waals surface area (Å²) in [5.41, 5.74) is 2.95. The van der Waals surface area contributed by atoms with Crippen LogP contribution in [0, 0.1) is 5.92 Å². The van der Waals surface area contributed by atoms with Crippen molar-refractivity contribution in [2.24, 2.45) is 5.92 Å². The van der Waals surface area contributed by atoms with Crippen LogP contribution in [0.1, 0.15) is 37.6 Å². The monoisotopic (exact) mass is 435 g/mol. The smallest absolute Gasteiger partial charge is 0.253 e. The Morgan fingerprint density at radius 1 is 1.16 bits per heavy atom. The number of amides is 1. The first-order chi connectivity index (χ1) is 15.5. The number of methoxy groups -OCH3 is 1. The van der Waals surface area contributed by atoms with Crippen LogP contribution in [0.3, 0.4) is 0 Å². The van der Waals surface area contributed by atoms with Crippen molar-refractivity contribution in [2.45, 2.75) is 33.2 Å². The molecule has 2 atom stereocenters. The number of carbonyl (C=O) groups excluding carboxylic acids is 1. The minimum absolute atomic E-state index is 0.0839. The van der Waals surface area contributed by atoms with E-state index in [0.717, 1.165) is 48.7 Å². The summed E-state index contributed by atoms with van der Waals surface area (Å²) in [6.45, 7) is 14.7. The molecule has 0 aromatic heterocycles. The van der Waals surface area contributed by atoms with E-state index in [4.69, 9.17) is 4.74 Å². The number of rotatable bonds is 9. The Labute approximate surface area is 193 Å². The van der Waals surface area contributed by atoms with Crippen LogP contribution in [0.25, 0.3) is 0 Å². The molecule has 1 amide bonds. The van der Waals surface area contributed by atoms with Crippen molar-refractivity contribution >= 4 is 17.3 Å². The number of likely N-dealkylation sites (tertiary alicyclic amines) is 1. The average molecular weight is 436 g/mol. The van der Waals surface area contributed by atoms with Gasteiger partial charge in [0, 0.05) is 61.8 Å². The summed E-state index contributed by atoms with van der Waals surface area (Å²) < 4.78 is 5.51. The maximum atomic E-state index is 12.8. The molecule has 32 heavy (non-hydrogen) atoms. The van der Waals surface area contributed by atoms with Crippen LogP contribution in [-0.2, 0) is 0 Å². The van der Waals surface area contributed by atoms with E-state index in [2.05, 4.69) is 47.6 Å². The summed E-state index contributed by atoms with van der Waals surface area (Å²) in [4.78, 5) is 19.5. The molecule has 0 unspecified atom stereocenters. The second-order valence-electron chi connectivity index (χ2n) is 8.48. The second-order valence-corrected chi connectivity index (χ2v) is 8.48. The lowest BCUT2D eigenvalue weighted by molar-refractivity contribution is 0.0773. The zero-order chi connectivity index (χ0) is 23.1. The fourth-order valence-corrected chi connectivity index (χ4v) is 4.70. The average Bonchev–Trinajstić information content (AvgIpc) is 2.82. The molecule has 2 aromatic rings. The molecule has 0 aliphatic carbocycles. The lowest BCUT2D eigenvalue weighted by Gasteiger charge is -2.43. The number of piperidine rings is 1. The van der Waals surface area contributed by atoms with E-state index < -0.39 is 0 Å². The van der Waals surface area contributed by atoms with Gasteiger partial charge in [0.2, 0.25) is 0 Å². The van der Waals surface area contributed by atoms with Crippen LogP contribution in [0.15, 0.2) is 61.2 Å². The van der Waals surface area contributed by atoms with E-state index in [9.17, 15) is 4.79 Å². The molecule has 1 heterocycles. The Bertz CT molecular complexity index is 892. The Hall–Kier alpha value is -2.79. The highest BCUT2D eigenvalue weighted by Crippen LogP contribution is 2.36. The highest BCUT2D eigenvalue weighted by atomic mass is 16.5. The summed E-state index contributed by atoms with van der Waals surface area (Å²) in [5.74, 6) is 1.41. The van der Waals surface area contributed by atoms with Crippen molar-refractivity contribution in [3.63, 3.8) is 0 Å². The third-order valence-corrected chi connectivity index (χ3v) is 6.44. The van der Waals surface area contributed by atoms with Gasteiger partial charge in [-0.15, -0.1) is 6.58 Å². The molecule has 3 rings (SSSR count). The summed E-state index contributed by atoms with van der Waals surface area (Å²) >= 11 is 0. The number of ether oxygens (including phenoxy) is 1. The van der Waals surface area contributed by atoms with Gasteiger partial charge in [-0.25, -0.2) is 0 Å². The van der Waals surface area contributed by atoms with Gasteiger partial charge < -0.3 is 14.5 Å². The normalized spacial score (nSPS) is 18.8. The number of hydrogen-bond acceptors (Lipinski definition) is 4. The zero-order valence-corrected chi connectivity index (χ0v) is 20.0. The second kappa shape index (κ2) is 11.2. The summed E-state index contributed by atoms with van der Waals surface area (Å²) in [7, 11) is 1.70. The van der Waals surface area contributed by atoms with E-state index in [-0.39, 0.29) is 5.91 Å². The molecule has 2 aromatic carbocycles. The Kier molecular flexibility index (Phi) is 8.34. The number of carbonyl (C=O) groups is 1. The number of anilines is 2. The number of nitrogens with zero attached hydrogens (tertiary/aromatic N) is 3. The maximum absolute atomic E-state index is 12.8. The van der Waals surface area contributed by atoms with Crippen molar-refractivity contribution in [3.05, 3.63) is 66.7 Å². The molecule has 0 spiro atoms. The quantitative estimate of drug-likeness (QED) is 0.507. The lowest BCUT2D eigenvalue weighted by Crippen LogP contribution is -2.48. The van der Waals surface area contributed by atoms with Gasteiger partial charge in [0.05, 0.1) is 7.11 Å². The lowest BCUT2D eigenvalue weighted by atomic mass is 9.91. The third-order valence-electron chi connectivity index (χ3n) is 6.44. The molecular weight excluding hydrogens is 398 g/mol. The topological polar surface area (TPSA) is 36.0 Å². The Morgan fingerprint density at radius 2 is 1.88 bits per heavy atom. The summed E-state index contributed by atoms with van der Waals surface area (Å²) in [5, 5.41) is 0. The van der Waals surface area contributed by atoms with Gasteiger partial charge in [0.1, 0.15) is 5.75 Å². The SMILES string of the molecule is C=CCN1CC[C@H](N(c2ccc(C(=O)N(CC)CC)cc2)c2cccc(OC)c2)[C@@H](C)C1. The molecule has 5 heteroatoms. The van der Waals surface area contributed by atoms with Crippen molar-refractivity contribution in [1.82, 2.24) is 9.80 Å². The van der Waals surface area contributed by atoms with E-state index in [1.165, 1.54) is 0 Å². The van der Waals surface area contributed by atoms with Crippen LogP contribution < -0.4 is 9.64 Å². The Balaban J connectivity index is 1.94. The van der Waals surface area contributed by atoms with Crippen molar-refractivity contribution in [2.75, 3.05) is 44.7 Å². The zero-order valence-electron chi connectivity index (χ0n) is 20.0. The molecular formula is C27H37N3O2. The third kappa shape index (κ3) is 5.33.